The lowest BCUT2D eigenvalue weighted by molar-refractivity contribution is -0.122. The number of nitrogens with zero attached hydrogens (tertiary/aromatic N) is 1. The summed E-state index contributed by atoms with van der Waals surface area (Å²) in [4.78, 5) is 25.4. The van der Waals surface area contributed by atoms with E-state index >= 15 is 0 Å². The zero-order valence-corrected chi connectivity index (χ0v) is 12.9. The van der Waals surface area contributed by atoms with Crippen molar-refractivity contribution in [1.82, 2.24) is 15.5 Å². The van der Waals surface area contributed by atoms with E-state index in [-0.39, 0.29) is 17.9 Å². The molecule has 0 aliphatic carbocycles. The molecule has 0 atom stereocenters. The van der Waals surface area contributed by atoms with Crippen LogP contribution in [-0.4, -0.2) is 49.4 Å². The quantitative estimate of drug-likeness (QED) is 0.854. The Morgan fingerprint density at radius 1 is 1.45 bits per heavy atom. The summed E-state index contributed by atoms with van der Waals surface area (Å²) in [5, 5.41) is 5.61. The summed E-state index contributed by atoms with van der Waals surface area (Å²) in [6.45, 7) is 2.04. The molecule has 0 aromatic carbocycles. The van der Waals surface area contributed by atoms with Crippen LogP contribution in [0.5, 0.6) is 0 Å². The molecule has 1 aliphatic heterocycles. The standard InChI is InChI=1S/C13H18BrN3O3/c1-15-11(18)8-17-5-2-9(3-6-17)16-13(19)10-4-7-20-12(10)14/h4,7,9H,2-3,5-6,8H2,1H3,(H,15,18)(H,16,19). The molecule has 2 rings (SSSR count). The predicted octanol–water partition coefficient (Wildman–Crippen LogP) is 0.982. The van der Waals surface area contributed by atoms with Gasteiger partial charge >= 0.3 is 0 Å². The molecule has 1 fully saturated rings. The number of hydrogen-bond donors (Lipinski definition) is 2. The van der Waals surface area contributed by atoms with Gasteiger partial charge in [0.1, 0.15) is 0 Å². The van der Waals surface area contributed by atoms with Gasteiger partial charge in [-0.1, -0.05) is 0 Å². The van der Waals surface area contributed by atoms with Gasteiger partial charge in [0.15, 0.2) is 4.67 Å². The fourth-order valence-corrected chi connectivity index (χ4v) is 2.66. The van der Waals surface area contributed by atoms with Crippen LogP contribution in [-0.2, 0) is 4.79 Å². The molecule has 0 saturated carbocycles. The maximum absolute atomic E-state index is 12.0. The van der Waals surface area contributed by atoms with Crippen molar-refractivity contribution in [2.45, 2.75) is 18.9 Å². The van der Waals surface area contributed by atoms with Gasteiger partial charge in [0.05, 0.1) is 18.4 Å². The minimum Gasteiger partial charge on any atom is -0.457 e. The van der Waals surface area contributed by atoms with Crippen molar-refractivity contribution in [3.8, 4) is 0 Å². The van der Waals surface area contributed by atoms with Gasteiger partial charge in [-0.05, 0) is 34.8 Å². The zero-order valence-electron chi connectivity index (χ0n) is 11.3. The molecule has 110 valence electrons. The number of carbonyl (C=O) groups excluding carboxylic acids is 2. The topological polar surface area (TPSA) is 74.6 Å². The summed E-state index contributed by atoms with van der Waals surface area (Å²) in [6.07, 6.45) is 3.17. The van der Waals surface area contributed by atoms with Crippen molar-refractivity contribution in [1.29, 1.82) is 0 Å². The van der Waals surface area contributed by atoms with Crippen molar-refractivity contribution in [2.24, 2.45) is 0 Å². The number of amides is 2. The average molecular weight is 344 g/mol. The van der Waals surface area contributed by atoms with Crippen molar-refractivity contribution in [3.63, 3.8) is 0 Å². The third-order valence-corrected chi connectivity index (χ3v) is 4.05. The Labute approximate surface area is 126 Å². The van der Waals surface area contributed by atoms with E-state index < -0.39 is 0 Å². The molecule has 1 aromatic rings. The number of piperidine rings is 1. The number of furan rings is 1. The molecule has 1 saturated heterocycles. The Morgan fingerprint density at radius 2 is 2.15 bits per heavy atom. The first kappa shape index (κ1) is 15.1. The van der Waals surface area contributed by atoms with Gasteiger partial charge in [-0.2, -0.15) is 0 Å². The second-order valence-electron chi connectivity index (χ2n) is 4.81. The molecule has 0 unspecified atom stereocenters. The first-order valence-electron chi connectivity index (χ1n) is 6.57. The lowest BCUT2D eigenvalue weighted by Crippen LogP contribution is -2.47. The maximum atomic E-state index is 12.0. The number of halogens is 1. The third kappa shape index (κ3) is 3.83. The van der Waals surface area contributed by atoms with Gasteiger partial charge in [-0.3, -0.25) is 14.5 Å². The second-order valence-corrected chi connectivity index (χ2v) is 5.53. The lowest BCUT2D eigenvalue weighted by Gasteiger charge is -2.31. The molecule has 2 heterocycles. The van der Waals surface area contributed by atoms with E-state index in [1.165, 1.54) is 6.26 Å². The van der Waals surface area contributed by atoms with E-state index in [4.69, 9.17) is 4.42 Å². The molecular formula is C13H18BrN3O3. The van der Waals surface area contributed by atoms with Gasteiger partial charge in [0.25, 0.3) is 5.91 Å². The molecule has 6 nitrogen and oxygen atoms in total. The van der Waals surface area contributed by atoms with Crippen molar-refractivity contribution in [2.75, 3.05) is 26.7 Å². The number of likely N-dealkylation sites (tertiary alicyclic amines) is 1. The SMILES string of the molecule is CNC(=O)CN1CCC(NC(=O)c2ccoc2Br)CC1. The number of likely N-dealkylation sites (N-methyl/N-ethyl adjacent to an activating group) is 1. The van der Waals surface area contributed by atoms with Crippen LogP contribution in [0, 0.1) is 0 Å². The Morgan fingerprint density at radius 3 is 2.70 bits per heavy atom. The van der Waals surface area contributed by atoms with E-state index in [0.717, 1.165) is 25.9 Å². The van der Waals surface area contributed by atoms with Crippen LogP contribution >= 0.6 is 15.9 Å². The maximum Gasteiger partial charge on any atom is 0.255 e. The highest BCUT2D eigenvalue weighted by molar-refractivity contribution is 9.10. The lowest BCUT2D eigenvalue weighted by atomic mass is 10.0. The Kier molecular flexibility index (Phi) is 5.19. The van der Waals surface area contributed by atoms with Gasteiger partial charge in [-0.25, -0.2) is 0 Å². The van der Waals surface area contributed by atoms with E-state index in [9.17, 15) is 9.59 Å². The van der Waals surface area contributed by atoms with Crippen LogP contribution in [0.15, 0.2) is 21.4 Å². The molecule has 0 spiro atoms. The van der Waals surface area contributed by atoms with E-state index in [2.05, 4.69) is 31.5 Å². The summed E-state index contributed by atoms with van der Waals surface area (Å²) < 4.78 is 5.50. The van der Waals surface area contributed by atoms with Gasteiger partial charge in [0.2, 0.25) is 5.91 Å². The summed E-state index contributed by atoms with van der Waals surface area (Å²) >= 11 is 3.20. The molecule has 7 heteroatoms. The van der Waals surface area contributed by atoms with Crippen molar-refractivity contribution < 1.29 is 14.0 Å². The van der Waals surface area contributed by atoms with Crippen molar-refractivity contribution in [3.05, 3.63) is 22.6 Å². The predicted molar refractivity (Wildman–Crippen MR) is 77.4 cm³/mol. The van der Waals surface area contributed by atoms with Crippen LogP contribution in [0.4, 0.5) is 0 Å². The average Bonchev–Trinajstić information content (AvgIpc) is 2.87. The Bertz CT molecular complexity index is 481. The van der Waals surface area contributed by atoms with E-state index in [1.54, 1.807) is 13.1 Å². The number of nitrogens with one attached hydrogen (secondary N) is 2. The smallest absolute Gasteiger partial charge is 0.255 e. The molecule has 20 heavy (non-hydrogen) atoms. The van der Waals surface area contributed by atoms with Crippen LogP contribution < -0.4 is 10.6 Å². The van der Waals surface area contributed by atoms with Crippen LogP contribution in [0.25, 0.3) is 0 Å². The number of hydrogen-bond acceptors (Lipinski definition) is 4. The van der Waals surface area contributed by atoms with Gasteiger partial charge < -0.3 is 15.1 Å². The molecule has 0 bridgehead atoms. The van der Waals surface area contributed by atoms with E-state index in [1.807, 2.05) is 0 Å². The monoisotopic (exact) mass is 343 g/mol. The number of rotatable bonds is 4. The summed E-state index contributed by atoms with van der Waals surface area (Å²) in [5.41, 5.74) is 0.512. The molecule has 0 radical (unpaired) electrons. The minimum atomic E-state index is -0.129. The summed E-state index contributed by atoms with van der Waals surface area (Å²) in [6, 6.07) is 1.78. The molecule has 2 amide bonds. The fourth-order valence-electron chi connectivity index (χ4n) is 2.24. The highest BCUT2D eigenvalue weighted by atomic mass is 79.9. The number of carbonyl (C=O) groups is 2. The summed E-state index contributed by atoms with van der Waals surface area (Å²) in [7, 11) is 1.64. The third-order valence-electron chi connectivity index (χ3n) is 3.43. The van der Waals surface area contributed by atoms with E-state index in [0.29, 0.717) is 16.8 Å². The fraction of sp³-hybridized carbons (Fsp3) is 0.538. The largest absolute Gasteiger partial charge is 0.457 e. The first-order valence-corrected chi connectivity index (χ1v) is 7.36. The highest BCUT2D eigenvalue weighted by Crippen LogP contribution is 2.18. The Balaban J connectivity index is 1.79. The van der Waals surface area contributed by atoms with Crippen LogP contribution in [0.1, 0.15) is 23.2 Å². The zero-order chi connectivity index (χ0) is 14.5. The molecule has 1 aromatic heterocycles. The summed E-state index contributed by atoms with van der Waals surface area (Å²) in [5.74, 6) is -0.106. The first-order chi connectivity index (χ1) is 9.60. The van der Waals surface area contributed by atoms with Crippen molar-refractivity contribution >= 4 is 27.7 Å². The normalized spacial score (nSPS) is 16.9. The highest BCUT2D eigenvalue weighted by Gasteiger charge is 2.23. The molecule has 1 aliphatic rings. The minimum absolute atomic E-state index is 0.0230. The van der Waals surface area contributed by atoms with Crippen LogP contribution in [0.3, 0.4) is 0 Å². The molecule has 2 N–H and O–H groups in total. The second kappa shape index (κ2) is 6.90. The van der Waals surface area contributed by atoms with Gasteiger partial charge in [-0.15, -0.1) is 0 Å². The Hall–Kier alpha value is -1.34. The van der Waals surface area contributed by atoms with Crippen LogP contribution in [0.2, 0.25) is 0 Å². The molecular weight excluding hydrogens is 326 g/mol. The van der Waals surface area contributed by atoms with Gasteiger partial charge in [0, 0.05) is 26.2 Å².